The lowest BCUT2D eigenvalue weighted by Crippen LogP contribution is -2.68. The summed E-state index contributed by atoms with van der Waals surface area (Å²) in [6, 6.07) is 12.9. The summed E-state index contributed by atoms with van der Waals surface area (Å²) < 4.78 is 13.6. The Bertz CT molecular complexity index is 1150. The minimum Gasteiger partial charge on any atom is -0.342 e. The first kappa shape index (κ1) is 23.3. The smallest absolute Gasteiger partial charge is 0.321 e. The Balaban J connectivity index is 1.46. The molecule has 2 aromatic rings. The average Bonchev–Trinajstić information content (AvgIpc) is 2.78. The maximum atomic E-state index is 13.8. The number of anilines is 1. The number of rotatable bonds is 3. The van der Waals surface area contributed by atoms with E-state index in [-0.39, 0.29) is 23.9 Å². The number of hydrogen-bond donors (Lipinski definition) is 1. The van der Waals surface area contributed by atoms with Gasteiger partial charge in [0.2, 0.25) is 5.91 Å². The zero-order valence-electron chi connectivity index (χ0n) is 20.2. The molecular formula is C27H31FN4O3. The second-order valence-electron chi connectivity index (χ2n) is 10.00. The molecule has 3 heterocycles. The van der Waals surface area contributed by atoms with E-state index in [1.807, 2.05) is 47.9 Å². The van der Waals surface area contributed by atoms with E-state index in [1.54, 1.807) is 17.0 Å². The summed E-state index contributed by atoms with van der Waals surface area (Å²) in [7, 11) is 0. The number of nitrogens with one attached hydrogen (secondary N) is 1. The third-order valence-corrected chi connectivity index (χ3v) is 7.66. The van der Waals surface area contributed by atoms with Gasteiger partial charge in [0.15, 0.2) is 0 Å². The van der Waals surface area contributed by atoms with Crippen LogP contribution in [0.5, 0.6) is 0 Å². The Morgan fingerprint density at radius 1 is 1.00 bits per heavy atom. The molecule has 0 bridgehead atoms. The summed E-state index contributed by atoms with van der Waals surface area (Å²) >= 11 is 0. The van der Waals surface area contributed by atoms with E-state index < -0.39 is 17.3 Å². The number of amides is 4. The minimum absolute atomic E-state index is 0.0547. The number of halogens is 1. The van der Waals surface area contributed by atoms with Crippen LogP contribution in [0.3, 0.4) is 0 Å². The van der Waals surface area contributed by atoms with Crippen LogP contribution in [0.4, 0.5) is 14.9 Å². The van der Waals surface area contributed by atoms with Crippen LogP contribution in [0, 0.1) is 5.82 Å². The predicted molar refractivity (Wildman–Crippen MR) is 131 cm³/mol. The normalized spacial score (nSPS) is 21.1. The SMILES string of the molecule is CC(C)N1C(=O)c2ccccc2C(C(=O)N2CCC2)C12CCN(C(=O)Nc1cccc(F)c1)CC2. The van der Waals surface area contributed by atoms with Crippen molar-refractivity contribution in [2.24, 2.45) is 0 Å². The number of hydrogen-bond acceptors (Lipinski definition) is 3. The van der Waals surface area contributed by atoms with Gasteiger partial charge in [0.25, 0.3) is 5.91 Å². The molecule has 1 unspecified atom stereocenters. The second-order valence-corrected chi connectivity index (χ2v) is 10.00. The molecule has 0 aliphatic carbocycles. The number of carbonyl (C=O) groups is 3. The molecule has 1 N–H and O–H groups in total. The third-order valence-electron chi connectivity index (χ3n) is 7.66. The van der Waals surface area contributed by atoms with Crippen LogP contribution in [-0.2, 0) is 4.79 Å². The van der Waals surface area contributed by atoms with Gasteiger partial charge in [-0.1, -0.05) is 24.3 Å². The minimum atomic E-state index is -0.706. The topological polar surface area (TPSA) is 73.0 Å². The molecule has 0 saturated carbocycles. The maximum Gasteiger partial charge on any atom is 0.321 e. The summed E-state index contributed by atoms with van der Waals surface area (Å²) in [5.41, 5.74) is 1.08. The van der Waals surface area contributed by atoms with E-state index in [0.717, 1.165) is 25.1 Å². The fraction of sp³-hybridized carbons (Fsp3) is 0.444. The molecular weight excluding hydrogens is 447 g/mol. The van der Waals surface area contributed by atoms with Crippen molar-refractivity contribution in [3.63, 3.8) is 0 Å². The zero-order chi connectivity index (χ0) is 24.7. The summed E-state index contributed by atoms with van der Waals surface area (Å²) in [6.07, 6.45) is 1.98. The molecule has 3 aliphatic rings. The summed E-state index contributed by atoms with van der Waals surface area (Å²) in [5, 5.41) is 2.76. The molecule has 2 fully saturated rings. The second kappa shape index (κ2) is 8.98. The van der Waals surface area contributed by atoms with Crippen LogP contribution in [0.25, 0.3) is 0 Å². The largest absolute Gasteiger partial charge is 0.342 e. The number of piperidine rings is 1. The van der Waals surface area contributed by atoms with Crippen molar-refractivity contribution in [3.05, 3.63) is 65.5 Å². The Morgan fingerprint density at radius 3 is 2.34 bits per heavy atom. The van der Waals surface area contributed by atoms with Gasteiger partial charge in [-0.05, 0) is 62.9 Å². The lowest BCUT2D eigenvalue weighted by Gasteiger charge is -2.57. The summed E-state index contributed by atoms with van der Waals surface area (Å²) in [6.45, 7) is 6.24. The fourth-order valence-corrected chi connectivity index (χ4v) is 5.93. The highest BCUT2D eigenvalue weighted by molar-refractivity contribution is 6.02. The highest BCUT2D eigenvalue weighted by Gasteiger charge is 2.57. The fourth-order valence-electron chi connectivity index (χ4n) is 5.93. The van der Waals surface area contributed by atoms with E-state index in [4.69, 9.17) is 0 Å². The van der Waals surface area contributed by atoms with Gasteiger partial charge < -0.3 is 20.0 Å². The summed E-state index contributed by atoms with van der Waals surface area (Å²) in [5.74, 6) is -0.868. The lowest BCUT2D eigenvalue weighted by molar-refractivity contribution is -0.142. The van der Waals surface area contributed by atoms with Crippen molar-refractivity contribution in [2.75, 3.05) is 31.5 Å². The molecule has 7 nitrogen and oxygen atoms in total. The molecule has 3 aliphatic heterocycles. The Hall–Kier alpha value is -3.42. The van der Waals surface area contributed by atoms with Crippen LogP contribution in [0.1, 0.15) is 54.9 Å². The van der Waals surface area contributed by atoms with Crippen LogP contribution < -0.4 is 5.32 Å². The number of nitrogens with zero attached hydrogens (tertiary/aromatic N) is 3. The number of benzene rings is 2. The van der Waals surface area contributed by atoms with Crippen molar-refractivity contribution >= 4 is 23.5 Å². The van der Waals surface area contributed by atoms with E-state index in [0.29, 0.717) is 37.2 Å². The van der Waals surface area contributed by atoms with Gasteiger partial charge in [0.05, 0.1) is 11.5 Å². The molecule has 1 spiro atoms. The van der Waals surface area contributed by atoms with Crippen molar-refractivity contribution in [1.29, 1.82) is 0 Å². The Morgan fingerprint density at radius 2 is 1.71 bits per heavy atom. The van der Waals surface area contributed by atoms with Crippen molar-refractivity contribution in [1.82, 2.24) is 14.7 Å². The van der Waals surface area contributed by atoms with Crippen molar-refractivity contribution < 1.29 is 18.8 Å². The third kappa shape index (κ3) is 3.94. The van der Waals surface area contributed by atoms with Gasteiger partial charge in [-0.3, -0.25) is 9.59 Å². The van der Waals surface area contributed by atoms with Gasteiger partial charge in [0, 0.05) is 43.5 Å². The van der Waals surface area contributed by atoms with E-state index in [2.05, 4.69) is 5.32 Å². The molecule has 184 valence electrons. The monoisotopic (exact) mass is 478 g/mol. The number of carbonyl (C=O) groups excluding carboxylic acids is 3. The van der Waals surface area contributed by atoms with E-state index in [9.17, 15) is 18.8 Å². The number of urea groups is 1. The summed E-state index contributed by atoms with van der Waals surface area (Å²) in [4.78, 5) is 46.0. The molecule has 35 heavy (non-hydrogen) atoms. The standard InChI is InChI=1S/C27H31FN4O3/c1-18(2)32-24(33)22-10-4-3-9-21(22)23(25(34)30-13-6-14-30)27(32)11-15-31(16-12-27)26(35)29-20-8-5-7-19(28)17-20/h3-5,7-10,17-18,23H,6,11-16H2,1-2H3,(H,29,35). The predicted octanol–water partition coefficient (Wildman–Crippen LogP) is 4.07. The first-order valence-electron chi connectivity index (χ1n) is 12.3. The van der Waals surface area contributed by atoms with Gasteiger partial charge in [0.1, 0.15) is 5.82 Å². The molecule has 1 atom stereocenters. The number of fused-ring (bicyclic) bond motifs is 1. The lowest BCUT2D eigenvalue weighted by atomic mass is 9.66. The molecule has 0 radical (unpaired) electrons. The molecule has 8 heteroatoms. The van der Waals surface area contributed by atoms with Crippen LogP contribution in [0.2, 0.25) is 0 Å². The highest BCUT2D eigenvalue weighted by Crippen LogP contribution is 2.49. The van der Waals surface area contributed by atoms with E-state index >= 15 is 0 Å². The van der Waals surface area contributed by atoms with Crippen LogP contribution in [-0.4, -0.2) is 70.3 Å². The molecule has 2 saturated heterocycles. The first-order chi connectivity index (χ1) is 16.8. The van der Waals surface area contributed by atoms with Gasteiger partial charge >= 0.3 is 6.03 Å². The van der Waals surface area contributed by atoms with Crippen LogP contribution >= 0.6 is 0 Å². The van der Waals surface area contributed by atoms with Gasteiger partial charge in [-0.25, -0.2) is 9.18 Å². The van der Waals surface area contributed by atoms with Gasteiger partial charge in [-0.2, -0.15) is 0 Å². The van der Waals surface area contributed by atoms with E-state index in [1.165, 1.54) is 12.1 Å². The molecule has 4 amide bonds. The van der Waals surface area contributed by atoms with Crippen molar-refractivity contribution in [2.45, 2.75) is 50.6 Å². The quantitative estimate of drug-likeness (QED) is 0.723. The van der Waals surface area contributed by atoms with Gasteiger partial charge in [-0.15, -0.1) is 0 Å². The zero-order valence-corrected chi connectivity index (χ0v) is 20.2. The molecule has 5 rings (SSSR count). The number of likely N-dealkylation sites (tertiary alicyclic amines) is 2. The molecule has 0 aromatic heterocycles. The highest BCUT2D eigenvalue weighted by atomic mass is 19.1. The van der Waals surface area contributed by atoms with Crippen LogP contribution in [0.15, 0.2) is 48.5 Å². The average molecular weight is 479 g/mol. The van der Waals surface area contributed by atoms with Crippen molar-refractivity contribution in [3.8, 4) is 0 Å². The molecule has 2 aromatic carbocycles. The Labute approximate surface area is 204 Å². The first-order valence-corrected chi connectivity index (χ1v) is 12.3. The maximum absolute atomic E-state index is 13.8. The Kier molecular flexibility index (Phi) is 5.99.